The van der Waals surface area contributed by atoms with Crippen molar-refractivity contribution in [2.75, 3.05) is 10.6 Å². The number of alkyl halides is 3. The predicted molar refractivity (Wildman–Crippen MR) is 142 cm³/mol. The molecule has 0 radical (unpaired) electrons. The van der Waals surface area contributed by atoms with E-state index in [-0.39, 0.29) is 11.8 Å². The molecule has 0 bridgehead atoms. The van der Waals surface area contributed by atoms with Gasteiger partial charge in [-0.2, -0.15) is 18.2 Å². The maximum atomic E-state index is 13.7. The maximum absolute atomic E-state index is 13.7. The number of halogens is 3. The van der Waals surface area contributed by atoms with Crippen molar-refractivity contribution in [3.05, 3.63) is 71.4 Å². The van der Waals surface area contributed by atoms with Gasteiger partial charge in [-0.05, 0) is 61.1 Å². The van der Waals surface area contributed by atoms with E-state index in [0.29, 0.717) is 5.69 Å². The first kappa shape index (κ1) is 27.5. The molecule has 7 heteroatoms. The van der Waals surface area contributed by atoms with E-state index in [1.165, 1.54) is 31.2 Å². The molecular formula is C29H37F3N4. The van der Waals surface area contributed by atoms with Crippen molar-refractivity contribution in [2.45, 2.75) is 84.2 Å². The van der Waals surface area contributed by atoms with Crippen LogP contribution in [0.25, 0.3) is 0 Å². The number of hydrogen-bond donors (Lipinski definition) is 2. The summed E-state index contributed by atoms with van der Waals surface area (Å²) in [5, 5.41) is 5.91. The van der Waals surface area contributed by atoms with Gasteiger partial charge in [-0.3, -0.25) is 0 Å². The number of nitrogens with one attached hydrogen (secondary N) is 2. The Morgan fingerprint density at radius 3 is 2.03 bits per heavy atom. The average Bonchev–Trinajstić information content (AvgIpc) is 2.85. The fourth-order valence-electron chi connectivity index (χ4n) is 4.08. The second-order valence-corrected chi connectivity index (χ2v) is 9.22. The molecule has 0 spiro atoms. The Morgan fingerprint density at radius 1 is 0.722 bits per heavy atom. The number of unbranched alkanes of at least 4 members (excludes halogenated alkanes) is 6. The van der Waals surface area contributed by atoms with Gasteiger partial charge in [0.1, 0.15) is 11.4 Å². The molecule has 0 saturated carbocycles. The van der Waals surface area contributed by atoms with Crippen molar-refractivity contribution < 1.29 is 13.2 Å². The number of hydrogen-bond acceptors (Lipinski definition) is 4. The number of rotatable bonds is 14. The highest BCUT2D eigenvalue weighted by Crippen LogP contribution is 2.35. The molecule has 2 aromatic carbocycles. The first-order valence-corrected chi connectivity index (χ1v) is 13.0. The van der Waals surface area contributed by atoms with Crippen LogP contribution in [0, 0.1) is 0 Å². The summed E-state index contributed by atoms with van der Waals surface area (Å²) >= 11 is 0. The van der Waals surface area contributed by atoms with Crippen molar-refractivity contribution in [1.29, 1.82) is 0 Å². The van der Waals surface area contributed by atoms with E-state index in [9.17, 15) is 13.2 Å². The van der Waals surface area contributed by atoms with Crippen LogP contribution in [-0.4, -0.2) is 9.97 Å². The lowest BCUT2D eigenvalue weighted by molar-refractivity contribution is -0.137. The van der Waals surface area contributed by atoms with Gasteiger partial charge in [0.05, 0.1) is 0 Å². The molecule has 4 nitrogen and oxygen atoms in total. The van der Waals surface area contributed by atoms with Crippen molar-refractivity contribution >= 4 is 23.1 Å². The van der Waals surface area contributed by atoms with Gasteiger partial charge in [0.25, 0.3) is 0 Å². The third-order valence-corrected chi connectivity index (χ3v) is 6.13. The number of aryl methyl sites for hydroxylation is 2. The Hall–Kier alpha value is -3.09. The highest BCUT2D eigenvalue weighted by atomic mass is 19.4. The molecule has 0 aliphatic rings. The van der Waals surface area contributed by atoms with Gasteiger partial charge in [-0.15, -0.1) is 0 Å². The van der Waals surface area contributed by atoms with Crippen LogP contribution < -0.4 is 10.6 Å². The maximum Gasteiger partial charge on any atom is 0.421 e. The number of nitrogens with zero attached hydrogens (tertiary/aromatic N) is 2. The Bertz CT molecular complexity index is 1060. The minimum absolute atomic E-state index is 0.108. The molecule has 0 fully saturated rings. The minimum Gasteiger partial charge on any atom is -0.340 e. The van der Waals surface area contributed by atoms with Crippen LogP contribution >= 0.6 is 0 Å². The molecule has 1 heterocycles. The zero-order chi connectivity index (χ0) is 25.8. The van der Waals surface area contributed by atoms with E-state index in [4.69, 9.17) is 0 Å². The number of aromatic nitrogens is 2. The molecule has 3 rings (SSSR count). The van der Waals surface area contributed by atoms with E-state index in [2.05, 4.69) is 34.4 Å². The van der Waals surface area contributed by atoms with Gasteiger partial charge in [-0.1, -0.05) is 76.6 Å². The van der Waals surface area contributed by atoms with Crippen LogP contribution in [0.1, 0.15) is 81.9 Å². The average molecular weight is 499 g/mol. The molecule has 2 N–H and O–H groups in total. The van der Waals surface area contributed by atoms with Crippen LogP contribution in [0.3, 0.4) is 0 Å². The van der Waals surface area contributed by atoms with E-state index in [1.807, 2.05) is 42.5 Å². The highest BCUT2D eigenvalue weighted by Gasteiger charge is 2.35. The van der Waals surface area contributed by atoms with Crippen LogP contribution in [0.4, 0.5) is 36.3 Å². The van der Waals surface area contributed by atoms with Gasteiger partial charge < -0.3 is 10.6 Å². The lowest BCUT2D eigenvalue weighted by Crippen LogP contribution is -2.12. The van der Waals surface area contributed by atoms with Crippen LogP contribution in [0.2, 0.25) is 0 Å². The normalized spacial score (nSPS) is 11.5. The first-order chi connectivity index (χ1) is 17.4. The Morgan fingerprint density at radius 2 is 1.39 bits per heavy atom. The lowest BCUT2D eigenvalue weighted by atomic mass is 10.1. The number of anilines is 4. The second-order valence-electron chi connectivity index (χ2n) is 9.22. The van der Waals surface area contributed by atoms with E-state index in [1.54, 1.807) is 6.07 Å². The van der Waals surface area contributed by atoms with Gasteiger partial charge in [0.2, 0.25) is 5.95 Å². The summed E-state index contributed by atoms with van der Waals surface area (Å²) in [7, 11) is 0. The largest absolute Gasteiger partial charge is 0.421 e. The summed E-state index contributed by atoms with van der Waals surface area (Å²) in [5.41, 5.74) is 2.73. The van der Waals surface area contributed by atoms with Gasteiger partial charge in [0.15, 0.2) is 0 Å². The summed E-state index contributed by atoms with van der Waals surface area (Å²) in [4.78, 5) is 8.11. The van der Waals surface area contributed by atoms with Crippen LogP contribution in [-0.2, 0) is 19.0 Å². The zero-order valence-electron chi connectivity index (χ0n) is 21.3. The van der Waals surface area contributed by atoms with E-state index in [0.717, 1.165) is 56.0 Å². The third-order valence-electron chi connectivity index (χ3n) is 6.13. The molecule has 0 amide bonds. The monoisotopic (exact) mass is 498 g/mol. The third kappa shape index (κ3) is 8.85. The zero-order valence-corrected chi connectivity index (χ0v) is 21.3. The summed E-state index contributed by atoms with van der Waals surface area (Å²) in [6.45, 7) is 4.36. The lowest BCUT2D eigenvalue weighted by Gasteiger charge is -2.15. The van der Waals surface area contributed by atoms with Crippen molar-refractivity contribution in [1.82, 2.24) is 9.97 Å². The molecule has 1 aromatic heterocycles. The SMILES string of the molecule is CCCCCCc1ccc(Nc2ncc(C(F)(F)F)c(Nc3cccc(CCCCCC)c3)n2)cc1. The summed E-state index contributed by atoms with van der Waals surface area (Å²) in [6, 6.07) is 15.4. The highest BCUT2D eigenvalue weighted by molar-refractivity contribution is 5.63. The van der Waals surface area contributed by atoms with Crippen molar-refractivity contribution in [2.24, 2.45) is 0 Å². The van der Waals surface area contributed by atoms with E-state index >= 15 is 0 Å². The fraction of sp³-hybridized carbons (Fsp3) is 0.448. The molecule has 0 atom stereocenters. The fourth-order valence-corrected chi connectivity index (χ4v) is 4.08. The smallest absolute Gasteiger partial charge is 0.340 e. The standard InChI is InChI=1S/C29H37F3N4/c1-3-5-7-9-12-22-16-18-24(19-17-22)35-28-33-21-26(29(30,31)32)27(36-28)34-25-15-11-14-23(20-25)13-10-8-6-4-2/h11,14-21H,3-10,12-13H2,1-2H3,(H2,33,34,35,36). The van der Waals surface area contributed by atoms with Crippen molar-refractivity contribution in [3.8, 4) is 0 Å². The van der Waals surface area contributed by atoms with Crippen LogP contribution in [0.15, 0.2) is 54.7 Å². The molecule has 36 heavy (non-hydrogen) atoms. The Labute approximate surface area is 212 Å². The van der Waals surface area contributed by atoms with Crippen LogP contribution in [0.5, 0.6) is 0 Å². The summed E-state index contributed by atoms with van der Waals surface area (Å²) < 4.78 is 41.0. The molecule has 194 valence electrons. The topological polar surface area (TPSA) is 49.8 Å². The van der Waals surface area contributed by atoms with Gasteiger partial charge >= 0.3 is 6.18 Å². The Balaban J connectivity index is 1.72. The predicted octanol–water partition coefficient (Wildman–Crippen LogP) is 9.23. The first-order valence-electron chi connectivity index (χ1n) is 13.0. The molecule has 0 aliphatic carbocycles. The second kappa shape index (κ2) is 13.9. The quantitative estimate of drug-likeness (QED) is 0.218. The summed E-state index contributed by atoms with van der Waals surface area (Å²) in [5.74, 6) is -0.160. The Kier molecular flexibility index (Phi) is 10.6. The number of benzene rings is 2. The molecular weight excluding hydrogens is 461 g/mol. The molecule has 3 aromatic rings. The van der Waals surface area contributed by atoms with Crippen molar-refractivity contribution in [3.63, 3.8) is 0 Å². The van der Waals surface area contributed by atoms with E-state index < -0.39 is 11.7 Å². The molecule has 0 saturated heterocycles. The van der Waals surface area contributed by atoms with Gasteiger partial charge in [-0.25, -0.2) is 4.98 Å². The van der Waals surface area contributed by atoms with Gasteiger partial charge in [0, 0.05) is 17.6 Å². The summed E-state index contributed by atoms with van der Waals surface area (Å²) in [6.07, 6.45) is 7.53. The minimum atomic E-state index is -4.57. The molecule has 0 aliphatic heterocycles. The molecule has 0 unspecified atom stereocenters.